The molecule has 0 bridgehead atoms. The van der Waals surface area contributed by atoms with Gasteiger partial charge in [0.05, 0.1) is 13.1 Å². The molecule has 2 aromatic rings. The number of hydrogen-bond donors (Lipinski definition) is 2. The topological polar surface area (TPSA) is 66.0 Å². The predicted octanol–water partition coefficient (Wildman–Crippen LogP) is 4.26. The van der Waals surface area contributed by atoms with E-state index >= 15 is 0 Å². The number of hydrogen-bond acceptors (Lipinski definition) is 3. The summed E-state index contributed by atoms with van der Waals surface area (Å²) in [4.78, 5) is 18.5. The number of amides is 1. The van der Waals surface area contributed by atoms with Crippen LogP contribution in [-0.2, 0) is 17.9 Å². The first-order chi connectivity index (χ1) is 15.0. The Kier molecular flexibility index (Phi) is 10.8. The fraction of sp³-hybridized carbons (Fsp3) is 0.440. The van der Waals surface area contributed by atoms with E-state index in [-0.39, 0.29) is 36.0 Å². The van der Waals surface area contributed by atoms with Crippen LogP contribution in [0.3, 0.4) is 0 Å². The fourth-order valence-corrected chi connectivity index (χ4v) is 3.63. The largest absolute Gasteiger partial charge is 0.489 e. The van der Waals surface area contributed by atoms with Crippen molar-refractivity contribution < 1.29 is 9.53 Å². The third-order valence-corrected chi connectivity index (χ3v) is 5.18. The summed E-state index contributed by atoms with van der Waals surface area (Å²) >= 11 is 0. The van der Waals surface area contributed by atoms with Crippen molar-refractivity contribution >= 4 is 35.8 Å². The van der Waals surface area contributed by atoms with Crippen LogP contribution in [-0.4, -0.2) is 42.5 Å². The molecular weight excluding hydrogens is 515 g/mol. The molecule has 1 fully saturated rings. The van der Waals surface area contributed by atoms with Crippen LogP contribution in [0.5, 0.6) is 5.75 Å². The number of rotatable bonds is 9. The number of nitrogens with one attached hydrogen (secondary N) is 2. The van der Waals surface area contributed by atoms with Gasteiger partial charge in [-0.15, -0.1) is 24.0 Å². The second kappa shape index (κ2) is 13.3. The van der Waals surface area contributed by atoms with Crippen LogP contribution in [0.1, 0.15) is 43.4 Å². The summed E-state index contributed by atoms with van der Waals surface area (Å²) in [7, 11) is 0. The van der Waals surface area contributed by atoms with Gasteiger partial charge in [0.25, 0.3) is 0 Å². The Hall–Kier alpha value is -2.29. The predicted molar refractivity (Wildman–Crippen MR) is 141 cm³/mol. The Morgan fingerprint density at radius 1 is 1.16 bits per heavy atom. The van der Waals surface area contributed by atoms with Gasteiger partial charge in [0.2, 0.25) is 5.91 Å². The summed E-state index contributed by atoms with van der Waals surface area (Å²) in [5.74, 6) is 1.90. The van der Waals surface area contributed by atoms with Gasteiger partial charge in [-0.3, -0.25) is 4.79 Å². The van der Waals surface area contributed by atoms with Crippen molar-refractivity contribution in [2.45, 2.75) is 52.8 Å². The Morgan fingerprint density at radius 3 is 2.66 bits per heavy atom. The minimum absolute atomic E-state index is 0. The zero-order valence-corrected chi connectivity index (χ0v) is 21.6. The van der Waals surface area contributed by atoms with Gasteiger partial charge in [-0.2, -0.15) is 0 Å². The van der Waals surface area contributed by atoms with E-state index in [1.54, 1.807) is 0 Å². The summed E-state index contributed by atoms with van der Waals surface area (Å²) < 4.78 is 6.00. The van der Waals surface area contributed by atoms with E-state index in [1.165, 1.54) is 5.56 Å². The summed E-state index contributed by atoms with van der Waals surface area (Å²) in [5, 5.41) is 6.66. The molecule has 1 aliphatic heterocycles. The molecule has 2 aromatic carbocycles. The number of nitrogens with zero attached hydrogens (tertiary/aromatic N) is 2. The lowest BCUT2D eigenvalue weighted by atomic mass is 10.1. The number of ether oxygens (including phenoxy) is 1. The second-order valence-corrected chi connectivity index (χ2v) is 8.06. The number of likely N-dealkylation sites (tertiary alicyclic amines) is 1. The summed E-state index contributed by atoms with van der Waals surface area (Å²) in [6.45, 7) is 9.71. The average molecular weight is 550 g/mol. The Labute approximate surface area is 208 Å². The van der Waals surface area contributed by atoms with Crippen molar-refractivity contribution in [3.8, 4) is 5.75 Å². The van der Waals surface area contributed by atoms with Crippen LogP contribution in [0.15, 0.2) is 53.5 Å². The average Bonchev–Trinajstić information content (AvgIpc) is 3.15. The minimum atomic E-state index is 0. The number of benzene rings is 2. The zero-order valence-electron chi connectivity index (χ0n) is 19.3. The van der Waals surface area contributed by atoms with Crippen LogP contribution >= 0.6 is 24.0 Å². The maximum absolute atomic E-state index is 11.9. The molecule has 32 heavy (non-hydrogen) atoms. The highest BCUT2D eigenvalue weighted by Gasteiger charge is 2.19. The quantitative estimate of drug-likeness (QED) is 0.278. The summed E-state index contributed by atoms with van der Waals surface area (Å²) in [6, 6.07) is 16.4. The monoisotopic (exact) mass is 550 g/mol. The molecule has 0 saturated carbocycles. The van der Waals surface area contributed by atoms with Gasteiger partial charge in [0, 0.05) is 26.1 Å². The van der Waals surface area contributed by atoms with Gasteiger partial charge in [-0.1, -0.05) is 36.4 Å². The number of halogens is 1. The second-order valence-electron chi connectivity index (χ2n) is 8.06. The van der Waals surface area contributed by atoms with Crippen LogP contribution in [0.25, 0.3) is 0 Å². The van der Waals surface area contributed by atoms with Gasteiger partial charge in [0.1, 0.15) is 11.9 Å². The van der Waals surface area contributed by atoms with Gasteiger partial charge in [-0.25, -0.2) is 4.99 Å². The van der Waals surface area contributed by atoms with E-state index in [0.717, 1.165) is 42.3 Å². The van der Waals surface area contributed by atoms with Crippen molar-refractivity contribution in [2.75, 3.05) is 19.6 Å². The zero-order chi connectivity index (χ0) is 22.1. The molecule has 0 radical (unpaired) electrons. The first-order valence-electron chi connectivity index (χ1n) is 11.1. The van der Waals surface area contributed by atoms with E-state index < -0.39 is 0 Å². The molecule has 0 aliphatic carbocycles. The normalized spacial score (nSPS) is 14.7. The molecule has 6 nitrogen and oxygen atoms in total. The summed E-state index contributed by atoms with van der Waals surface area (Å²) in [6.07, 6.45) is 1.65. The molecule has 1 amide bonds. The van der Waals surface area contributed by atoms with Gasteiger partial charge >= 0.3 is 0 Å². The smallest absolute Gasteiger partial charge is 0.222 e. The molecule has 0 spiro atoms. The van der Waals surface area contributed by atoms with E-state index in [4.69, 9.17) is 9.73 Å². The van der Waals surface area contributed by atoms with Crippen LogP contribution in [0.4, 0.5) is 0 Å². The maximum Gasteiger partial charge on any atom is 0.222 e. The number of carbonyl (C=O) groups is 1. The number of carbonyl (C=O) groups excluding carboxylic acids is 1. The number of aliphatic imine (C=N–C) groups is 1. The minimum Gasteiger partial charge on any atom is -0.489 e. The fourth-order valence-electron chi connectivity index (χ4n) is 3.63. The molecular formula is C25H35IN4O2. The SMILES string of the molecule is CCNC(=NCc1cccc(CN2CCCC2=O)c1)NCC(C)Oc1cccc(C)c1.I. The van der Waals surface area contributed by atoms with E-state index in [0.29, 0.717) is 26.1 Å². The molecule has 3 rings (SSSR count). The molecule has 0 aromatic heterocycles. The van der Waals surface area contributed by atoms with Crippen molar-refractivity contribution in [1.82, 2.24) is 15.5 Å². The highest BCUT2D eigenvalue weighted by Crippen LogP contribution is 2.16. The molecule has 7 heteroatoms. The molecule has 2 N–H and O–H groups in total. The first-order valence-corrected chi connectivity index (χ1v) is 11.1. The lowest BCUT2D eigenvalue weighted by Gasteiger charge is -2.18. The first kappa shape index (κ1) is 26.0. The van der Waals surface area contributed by atoms with E-state index in [9.17, 15) is 4.79 Å². The van der Waals surface area contributed by atoms with Gasteiger partial charge < -0.3 is 20.3 Å². The number of aryl methyl sites for hydroxylation is 1. The third-order valence-electron chi connectivity index (χ3n) is 5.18. The van der Waals surface area contributed by atoms with Crippen LogP contribution < -0.4 is 15.4 Å². The molecule has 1 atom stereocenters. The van der Waals surface area contributed by atoms with Crippen LogP contribution in [0.2, 0.25) is 0 Å². The third kappa shape index (κ3) is 8.33. The molecule has 1 heterocycles. The Bertz CT molecular complexity index is 903. The van der Waals surface area contributed by atoms with Crippen molar-refractivity contribution in [1.29, 1.82) is 0 Å². The standard InChI is InChI=1S/C25H34N4O2.HI/c1-4-26-25(27-16-20(3)31-23-11-5-8-19(2)14-23)28-17-21-9-6-10-22(15-21)18-29-13-7-12-24(29)30;/h5-6,8-11,14-15,20H,4,7,12-13,16-18H2,1-3H3,(H2,26,27,28);1H. The van der Waals surface area contributed by atoms with Gasteiger partial charge in [0.15, 0.2) is 5.96 Å². The van der Waals surface area contributed by atoms with Gasteiger partial charge in [-0.05, 0) is 56.0 Å². The molecule has 174 valence electrons. The highest BCUT2D eigenvalue weighted by molar-refractivity contribution is 14.0. The van der Waals surface area contributed by atoms with Crippen LogP contribution in [0, 0.1) is 6.92 Å². The molecule has 1 unspecified atom stereocenters. The highest BCUT2D eigenvalue weighted by atomic mass is 127. The summed E-state index contributed by atoms with van der Waals surface area (Å²) in [5.41, 5.74) is 3.47. The lowest BCUT2D eigenvalue weighted by Crippen LogP contribution is -2.41. The van der Waals surface area contributed by atoms with Crippen molar-refractivity contribution in [2.24, 2.45) is 4.99 Å². The van der Waals surface area contributed by atoms with Crippen molar-refractivity contribution in [3.63, 3.8) is 0 Å². The van der Waals surface area contributed by atoms with Crippen molar-refractivity contribution in [3.05, 3.63) is 65.2 Å². The Balaban J connectivity index is 0.00000363. The number of guanidine groups is 1. The Morgan fingerprint density at radius 2 is 1.94 bits per heavy atom. The van der Waals surface area contributed by atoms with E-state index in [1.807, 2.05) is 36.1 Å². The lowest BCUT2D eigenvalue weighted by molar-refractivity contribution is -0.128. The molecule has 1 saturated heterocycles. The van der Waals surface area contributed by atoms with E-state index in [2.05, 4.69) is 48.7 Å². The molecule has 1 aliphatic rings. The maximum atomic E-state index is 11.9.